The van der Waals surface area contributed by atoms with Gasteiger partial charge in [0.25, 0.3) is 0 Å². The van der Waals surface area contributed by atoms with Crippen molar-refractivity contribution in [1.29, 1.82) is 0 Å². The van der Waals surface area contributed by atoms with Crippen LogP contribution >= 0.6 is 15.9 Å². The molecule has 1 aliphatic rings. The van der Waals surface area contributed by atoms with Gasteiger partial charge in [0.05, 0.1) is 13.2 Å². The summed E-state index contributed by atoms with van der Waals surface area (Å²) in [6.45, 7) is 4.92. The van der Waals surface area contributed by atoms with Gasteiger partial charge in [-0.1, -0.05) is 15.9 Å². The number of benzene rings is 1. The second-order valence-electron chi connectivity index (χ2n) is 5.34. The van der Waals surface area contributed by atoms with Crippen molar-refractivity contribution in [2.24, 2.45) is 5.73 Å². The summed E-state index contributed by atoms with van der Waals surface area (Å²) < 4.78 is 38.6. The molecule has 0 aliphatic heterocycles. The van der Waals surface area contributed by atoms with Crippen molar-refractivity contribution in [2.45, 2.75) is 38.0 Å². The third-order valence-electron chi connectivity index (χ3n) is 3.79. The zero-order valence-corrected chi connectivity index (χ0v) is 13.8. The molecule has 1 fully saturated rings. The summed E-state index contributed by atoms with van der Waals surface area (Å²) in [5, 5.41) is 0. The van der Waals surface area contributed by atoms with Crippen LogP contribution < -0.4 is 15.2 Å². The van der Waals surface area contributed by atoms with Crippen LogP contribution in [0.25, 0.3) is 0 Å². The second-order valence-corrected chi connectivity index (χ2v) is 6.19. The Balaban J connectivity index is 2.42. The highest BCUT2D eigenvalue weighted by Crippen LogP contribution is 2.55. The molecule has 0 radical (unpaired) electrons. The van der Waals surface area contributed by atoms with Crippen LogP contribution in [0.5, 0.6) is 11.5 Å². The maximum atomic E-state index is 13.4. The Morgan fingerprint density at radius 3 is 2.10 bits per heavy atom. The lowest BCUT2D eigenvalue weighted by atomic mass is 9.62. The van der Waals surface area contributed by atoms with E-state index < -0.39 is 11.3 Å². The quantitative estimate of drug-likeness (QED) is 0.834. The lowest BCUT2D eigenvalue weighted by Gasteiger charge is -2.47. The zero-order valence-electron chi connectivity index (χ0n) is 12.2. The minimum Gasteiger partial charge on any atom is -0.490 e. The highest BCUT2D eigenvalue weighted by molar-refractivity contribution is 9.10. The smallest absolute Gasteiger partial charge is 0.250 e. The Morgan fingerprint density at radius 1 is 1.14 bits per heavy atom. The Labute approximate surface area is 131 Å². The summed E-state index contributed by atoms with van der Waals surface area (Å²) >= 11 is 3.46. The first-order chi connectivity index (χ1) is 9.87. The molecule has 2 rings (SSSR count). The van der Waals surface area contributed by atoms with Crippen molar-refractivity contribution >= 4 is 15.9 Å². The highest BCUT2D eigenvalue weighted by atomic mass is 79.9. The minimum absolute atomic E-state index is 0.181. The maximum Gasteiger partial charge on any atom is 0.250 e. The lowest BCUT2D eigenvalue weighted by Crippen LogP contribution is -2.53. The molecule has 0 saturated heterocycles. The molecule has 0 bridgehead atoms. The van der Waals surface area contributed by atoms with Gasteiger partial charge in [0, 0.05) is 29.3 Å². The summed E-state index contributed by atoms with van der Waals surface area (Å²) in [6, 6.07) is 3.55. The minimum atomic E-state index is -2.64. The fraction of sp³-hybridized carbons (Fsp3) is 0.600. The van der Waals surface area contributed by atoms with Gasteiger partial charge < -0.3 is 15.2 Å². The molecule has 0 aromatic heterocycles. The number of nitrogens with two attached hydrogens (primary N) is 1. The third kappa shape index (κ3) is 3.16. The number of rotatable bonds is 6. The normalized spacial score (nSPS) is 19.0. The number of halogens is 3. The molecule has 6 heteroatoms. The Morgan fingerprint density at radius 2 is 1.67 bits per heavy atom. The van der Waals surface area contributed by atoms with E-state index in [-0.39, 0.29) is 19.4 Å². The molecular formula is C15H20BrF2NO2. The van der Waals surface area contributed by atoms with Crippen LogP contribution in [0, 0.1) is 0 Å². The summed E-state index contributed by atoms with van der Waals surface area (Å²) in [5.41, 5.74) is 5.86. The van der Waals surface area contributed by atoms with E-state index in [0.29, 0.717) is 24.7 Å². The van der Waals surface area contributed by atoms with Crippen LogP contribution in [0.2, 0.25) is 0 Å². The van der Waals surface area contributed by atoms with Gasteiger partial charge in [-0.05, 0) is 31.5 Å². The number of alkyl halides is 2. The Bertz CT molecular complexity index is 515. The monoisotopic (exact) mass is 363 g/mol. The van der Waals surface area contributed by atoms with Crippen molar-refractivity contribution in [1.82, 2.24) is 0 Å². The molecule has 2 N–H and O–H groups in total. The van der Waals surface area contributed by atoms with Gasteiger partial charge in [0.2, 0.25) is 5.92 Å². The molecule has 118 valence electrons. The standard InChI is InChI=1S/C15H20BrF2NO2/c1-3-20-12-5-10(11(16)6-13(12)21-4-2)14(9-19)7-15(17,18)8-14/h5-6H,3-4,7-9,19H2,1-2H3. The second kappa shape index (κ2) is 6.08. The van der Waals surface area contributed by atoms with E-state index in [1.807, 2.05) is 13.8 Å². The van der Waals surface area contributed by atoms with E-state index in [1.165, 1.54) is 0 Å². The van der Waals surface area contributed by atoms with E-state index >= 15 is 0 Å². The molecule has 21 heavy (non-hydrogen) atoms. The molecule has 0 heterocycles. The summed E-state index contributed by atoms with van der Waals surface area (Å²) in [6.07, 6.45) is -0.455. The molecular weight excluding hydrogens is 344 g/mol. The molecule has 0 unspecified atom stereocenters. The van der Waals surface area contributed by atoms with Crippen molar-refractivity contribution in [2.75, 3.05) is 19.8 Å². The zero-order chi connectivity index (χ0) is 15.7. The van der Waals surface area contributed by atoms with Crippen molar-refractivity contribution in [3.05, 3.63) is 22.2 Å². The van der Waals surface area contributed by atoms with Gasteiger partial charge in [0.15, 0.2) is 11.5 Å². The maximum absolute atomic E-state index is 13.4. The summed E-state index contributed by atoms with van der Waals surface area (Å²) in [7, 11) is 0. The fourth-order valence-corrected chi connectivity index (χ4v) is 3.60. The molecule has 1 aromatic rings. The number of ether oxygens (including phenoxy) is 2. The van der Waals surface area contributed by atoms with Crippen LogP contribution in [-0.4, -0.2) is 25.7 Å². The predicted molar refractivity (Wildman–Crippen MR) is 81.4 cm³/mol. The largest absolute Gasteiger partial charge is 0.490 e. The highest BCUT2D eigenvalue weighted by Gasteiger charge is 2.57. The van der Waals surface area contributed by atoms with Crippen LogP contribution in [-0.2, 0) is 5.41 Å². The summed E-state index contributed by atoms with van der Waals surface area (Å²) in [5.74, 6) is -1.46. The first kappa shape index (κ1) is 16.5. The van der Waals surface area contributed by atoms with Gasteiger partial charge >= 0.3 is 0 Å². The van der Waals surface area contributed by atoms with Gasteiger partial charge in [-0.25, -0.2) is 8.78 Å². The van der Waals surface area contributed by atoms with Crippen LogP contribution in [0.4, 0.5) is 8.78 Å². The van der Waals surface area contributed by atoms with E-state index in [9.17, 15) is 8.78 Å². The van der Waals surface area contributed by atoms with E-state index in [4.69, 9.17) is 15.2 Å². The molecule has 0 spiro atoms. The van der Waals surface area contributed by atoms with Crippen molar-refractivity contribution < 1.29 is 18.3 Å². The summed E-state index contributed by atoms with van der Waals surface area (Å²) in [4.78, 5) is 0. The molecule has 0 atom stereocenters. The van der Waals surface area contributed by atoms with Crippen LogP contribution in [0.3, 0.4) is 0 Å². The predicted octanol–water partition coefficient (Wildman–Crippen LogP) is 3.87. The SMILES string of the molecule is CCOc1cc(Br)c(C2(CN)CC(F)(F)C2)cc1OCC. The Kier molecular flexibility index (Phi) is 4.78. The van der Waals surface area contributed by atoms with E-state index in [0.717, 1.165) is 10.0 Å². The third-order valence-corrected chi connectivity index (χ3v) is 4.45. The fourth-order valence-electron chi connectivity index (χ4n) is 2.86. The lowest BCUT2D eigenvalue weighted by molar-refractivity contribution is -0.124. The van der Waals surface area contributed by atoms with E-state index in [2.05, 4.69) is 15.9 Å². The van der Waals surface area contributed by atoms with Gasteiger partial charge in [-0.15, -0.1) is 0 Å². The van der Waals surface area contributed by atoms with Crippen molar-refractivity contribution in [3.8, 4) is 11.5 Å². The molecule has 3 nitrogen and oxygen atoms in total. The van der Waals surface area contributed by atoms with Gasteiger partial charge in [-0.2, -0.15) is 0 Å². The molecule has 1 aliphatic carbocycles. The first-order valence-electron chi connectivity index (χ1n) is 7.05. The van der Waals surface area contributed by atoms with Crippen LogP contribution in [0.1, 0.15) is 32.3 Å². The van der Waals surface area contributed by atoms with E-state index in [1.54, 1.807) is 12.1 Å². The topological polar surface area (TPSA) is 44.5 Å². The number of hydrogen-bond donors (Lipinski definition) is 1. The molecule has 0 amide bonds. The molecule has 1 aromatic carbocycles. The van der Waals surface area contributed by atoms with Crippen molar-refractivity contribution in [3.63, 3.8) is 0 Å². The first-order valence-corrected chi connectivity index (χ1v) is 7.84. The van der Waals surface area contributed by atoms with Gasteiger partial charge in [-0.3, -0.25) is 0 Å². The average molecular weight is 364 g/mol. The number of hydrogen-bond acceptors (Lipinski definition) is 3. The average Bonchev–Trinajstić information content (AvgIpc) is 2.39. The Hall–Kier alpha value is -0.880. The molecule has 1 saturated carbocycles. The van der Waals surface area contributed by atoms with Gasteiger partial charge in [0.1, 0.15) is 0 Å². The van der Waals surface area contributed by atoms with Crippen LogP contribution in [0.15, 0.2) is 16.6 Å².